The lowest BCUT2D eigenvalue weighted by Gasteiger charge is -2.33. The number of carbonyl (C=O) groups excluding carboxylic acids is 1. The number of hydrogen-bond acceptors (Lipinski definition) is 10. The van der Waals surface area contributed by atoms with Gasteiger partial charge in [-0.25, -0.2) is 25.8 Å². The summed E-state index contributed by atoms with van der Waals surface area (Å²) in [5.74, 6) is 0.191. The summed E-state index contributed by atoms with van der Waals surface area (Å²) in [5.41, 5.74) is 10.6. The van der Waals surface area contributed by atoms with Crippen LogP contribution >= 0.6 is 0 Å². The lowest BCUT2D eigenvalue weighted by molar-refractivity contribution is -0.186. The van der Waals surface area contributed by atoms with Crippen molar-refractivity contribution < 1.29 is 19.3 Å². The third kappa shape index (κ3) is 8.27. The summed E-state index contributed by atoms with van der Waals surface area (Å²) in [5, 5.41) is 1.89. The molecule has 3 fully saturated rings. The number of rotatable bonds is 11. The van der Waals surface area contributed by atoms with Crippen molar-refractivity contribution in [2.75, 3.05) is 62.8 Å². The fraction of sp³-hybridized carbons (Fsp3) is 0.469. The molecule has 2 N–H and O–H groups in total. The lowest BCUT2D eigenvalue weighted by Crippen LogP contribution is -2.47. The van der Waals surface area contributed by atoms with Gasteiger partial charge in [0.2, 0.25) is 5.95 Å². The number of nitrogens with one attached hydrogen (secondary N) is 2. The average molecular weight is 588 g/mol. The van der Waals surface area contributed by atoms with Crippen molar-refractivity contribution >= 4 is 17.5 Å². The average Bonchev–Trinajstić information content (AvgIpc) is 3.60. The number of amides is 1. The summed E-state index contributed by atoms with van der Waals surface area (Å²) >= 11 is 0. The molecule has 0 bridgehead atoms. The molecular formula is C32H41N7O4. The van der Waals surface area contributed by atoms with Crippen molar-refractivity contribution in [3.63, 3.8) is 0 Å². The van der Waals surface area contributed by atoms with Gasteiger partial charge in [0.15, 0.2) is 6.29 Å². The van der Waals surface area contributed by atoms with Crippen LogP contribution in [0, 0.1) is 0 Å². The summed E-state index contributed by atoms with van der Waals surface area (Å²) in [4.78, 5) is 37.0. The normalized spacial score (nSPS) is 19.8. The lowest BCUT2D eigenvalue weighted by atomic mass is 10.0. The van der Waals surface area contributed by atoms with E-state index in [1.807, 2.05) is 17.2 Å². The Morgan fingerprint density at radius 2 is 1.70 bits per heavy atom. The second kappa shape index (κ2) is 14.7. The van der Waals surface area contributed by atoms with Gasteiger partial charge >= 0.3 is 0 Å². The minimum atomic E-state index is -0.401. The van der Waals surface area contributed by atoms with Crippen molar-refractivity contribution in [3.8, 4) is 11.1 Å². The number of hydroxylamine groups is 3. The molecule has 6 rings (SSSR count). The molecule has 0 radical (unpaired) electrons. The largest absolute Gasteiger partial charge is 0.350 e. The molecular weight excluding hydrogens is 546 g/mol. The zero-order valence-electron chi connectivity index (χ0n) is 24.6. The predicted molar refractivity (Wildman–Crippen MR) is 164 cm³/mol. The molecule has 1 atom stereocenters. The van der Waals surface area contributed by atoms with Gasteiger partial charge in [0.05, 0.1) is 11.3 Å². The van der Waals surface area contributed by atoms with Crippen LogP contribution in [0.5, 0.6) is 0 Å². The Labute approximate surface area is 253 Å². The summed E-state index contributed by atoms with van der Waals surface area (Å²) in [6.45, 7) is 7.01. The van der Waals surface area contributed by atoms with E-state index in [0.717, 1.165) is 37.9 Å². The van der Waals surface area contributed by atoms with E-state index in [2.05, 4.69) is 67.1 Å². The molecule has 3 aliphatic rings. The third-order valence-electron chi connectivity index (χ3n) is 8.20. The number of anilines is 2. The van der Waals surface area contributed by atoms with Gasteiger partial charge in [-0.15, -0.1) is 0 Å². The number of ether oxygens (including phenoxy) is 1. The summed E-state index contributed by atoms with van der Waals surface area (Å²) < 4.78 is 5.46. The number of nitrogens with zero attached hydrogens (tertiary/aromatic N) is 5. The topological polar surface area (TPSA) is 104 Å². The Morgan fingerprint density at radius 1 is 0.907 bits per heavy atom. The first-order chi connectivity index (χ1) is 21.2. The first-order valence-corrected chi connectivity index (χ1v) is 15.4. The van der Waals surface area contributed by atoms with Gasteiger partial charge in [-0.3, -0.25) is 4.79 Å². The summed E-state index contributed by atoms with van der Waals surface area (Å²) in [6.07, 6.45) is 9.19. The molecule has 3 aliphatic heterocycles. The van der Waals surface area contributed by atoms with Gasteiger partial charge in [-0.1, -0.05) is 36.4 Å². The van der Waals surface area contributed by atoms with Crippen LogP contribution in [0.3, 0.4) is 0 Å². The second-order valence-corrected chi connectivity index (χ2v) is 11.3. The molecule has 228 valence electrons. The number of carbonyl (C=O) groups is 1. The molecule has 0 saturated carbocycles. The maximum atomic E-state index is 12.4. The Kier molecular flexibility index (Phi) is 10.1. The molecule has 4 heterocycles. The third-order valence-corrected chi connectivity index (χ3v) is 8.20. The van der Waals surface area contributed by atoms with Gasteiger partial charge in [0.1, 0.15) is 0 Å². The number of piperazine rings is 1. The first-order valence-electron chi connectivity index (χ1n) is 15.4. The molecule has 2 aromatic carbocycles. The maximum absolute atomic E-state index is 12.4. The van der Waals surface area contributed by atoms with E-state index in [0.29, 0.717) is 44.3 Å². The zero-order chi connectivity index (χ0) is 29.3. The van der Waals surface area contributed by atoms with Gasteiger partial charge < -0.3 is 14.5 Å². The highest BCUT2D eigenvalue weighted by Gasteiger charge is 2.21. The molecule has 0 aliphatic carbocycles. The van der Waals surface area contributed by atoms with Gasteiger partial charge in [-0.05, 0) is 74.0 Å². The van der Waals surface area contributed by atoms with E-state index in [9.17, 15) is 4.79 Å². The van der Waals surface area contributed by atoms with Crippen LogP contribution in [0.25, 0.3) is 11.1 Å². The fourth-order valence-electron chi connectivity index (χ4n) is 5.61. The van der Waals surface area contributed by atoms with E-state index in [4.69, 9.17) is 14.5 Å². The van der Waals surface area contributed by atoms with Crippen LogP contribution in [0.4, 0.5) is 11.6 Å². The molecule has 0 spiro atoms. The molecule has 11 heteroatoms. The highest BCUT2D eigenvalue weighted by molar-refractivity contribution is 5.92. The highest BCUT2D eigenvalue weighted by atomic mass is 16.8. The van der Waals surface area contributed by atoms with Crippen LogP contribution < -0.4 is 15.9 Å². The van der Waals surface area contributed by atoms with E-state index in [-0.39, 0.29) is 5.91 Å². The first kappa shape index (κ1) is 29.5. The van der Waals surface area contributed by atoms with E-state index >= 15 is 0 Å². The van der Waals surface area contributed by atoms with Crippen LogP contribution in [0.15, 0.2) is 60.9 Å². The Morgan fingerprint density at radius 3 is 2.44 bits per heavy atom. The summed E-state index contributed by atoms with van der Waals surface area (Å²) in [7, 11) is 0. The van der Waals surface area contributed by atoms with Crippen LogP contribution in [0.1, 0.15) is 48.0 Å². The molecule has 43 heavy (non-hydrogen) atoms. The van der Waals surface area contributed by atoms with Crippen LogP contribution in [0.2, 0.25) is 0 Å². The van der Waals surface area contributed by atoms with Crippen molar-refractivity contribution in [2.24, 2.45) is 0 Å². The number of hydrogen-bond donors (Lipinski definition) is 2. The SMILES string of the molecule is O=C(NOC1CCCCO1)c1cnc(N2CCN(ONc3ccc(-c4cccc(CCN5CCCC5)c4)cc3)CC2)nc1. The molecule has 3 saturated heterocycles. The monoisotopic (exact) mass is 587 g/mol. The standard InChI is InChI=1S/C32H41N7O4/c40-31(36-42-30-8-1-4-21-41-30)28-23-33-32(34-24-28)38-17-19-39(20-18-38)43-35-29-11-9-26(10-12-29)27-7-5-6-25(22-27)13-16-37-14-2-3-15-37/h5-7,9-12,22-24,30,35H,1-4,8,13-21H2,(H,36,40). The van der Waals surface area contributed by atoms with Crippen molar-refractivity contribution in [1.29, 1.82) is 0 Å². The molecule has 3 aromatic rings. The molecule has 1 aromatic heterocycles. The van der Waals surface area contributed by atoms with Gasteiger partial charge in [0.25, 0.3) is 5.91 Å². The van der Waals surface area contributed by atoms with E-state index in [1.54, 1.807) is 0 Å². The number of benzene rings is 2. The fourth-order valence-corrected chi connectivity index (χ4v) is 5.61. The van der Waals surface area contributed by atoms with E-state index in [1.165, 1.54) is 55.0 Å². The van der Waals surface area contributed by atoms with Crippen molar-refractivity contribution in [1.82, 2.24) is 25.4 Å². The van der Waals surface area contributed by atoms with Crippen LogP contribution in [-0.2, 0) is 20.9 Å². The minimum absolute atomic E-state index is 0.335. The zero-order valence-corrected chi connectivity index (χ0v) is 24.6. The number of aromatic nitrogens is 2. The highest BCUT2D eigenvalue weighted by Crippen LogP contribution is 2.23. The molecule has 11 nitrogen and oxygen atoms in total. The maximum Gasteiger partial charge on any atom is 0.278 e. The smallest absolute Gasteiger partial charge is 0.278 e. The minimum Gasteiger partial charge on any atom is -0.350 e. The van der Waals surface area contributed by atoms with E-state index < -0.39 is 6.29 Å². The van der Waals surface area contributed by atoms with Crippen molar-refractivity contribution in [3.05, 3.63) is 72.1 Å². The quantitative estimate of drug-likeness (QED) is 0.319. The molecule has 1 amide bonds. The Bertz CT molecular complexity index is 1300. The van der Waals surface area contributed by atoms with Crippen molar-refractivity contribution in [2.45, 2.75) is 44.8 Å². The Balaban J connectivity index is 0.921. The number of likely N-dealkylation sites (tertiary alicyclic amines) is 1. The second-order valence-electron chi connectivity index (χ2n) is 11.3. The predicted octanol–water partition coefficient (Wildman–Crippen LogP) is 4.05. The van der Waals surface area contributed by atoms with Gasteiger partial charge in [-0.2, -0.15) is 10.0 Å². The van der Waals surface area contributed by atoms with Crippen LogP contribution in [-0.4, -0.2) is 84.5 Å². The molecule has 1 unspecified atom stereocenters. The Hall–Kier alpha value is -3.61. The summed E-state index contributed by atoms with van der Waals surface area (Å²) in [6, 6.07) is 17.2. The van der Waals surface area contributed by atoms with Gasteiger partial charge in [0, 0.05) is 58.1 Å².